The van der Waals surface area contributed by atoms with Crippen molar-refractivity contribution in [1.82, 2.24) is 0 Å². The molecule has 0 aromatic carbocycles. The van der Waals surface area contributed by atoms with E-state index in [0.29, 0.717) is 6.61 Å². The van der Waals surface area contributed by atoms with Gasteiger partial charge in [0, 0.05) is 13.5 Å². The number of ether oxygens (including phenoxy) is 2. The highest BCUT2D eigenvalue weighted by molar-refractivity contribution is 6.29. The standard InChI is InChI=1S/C7H12ClO3/c1-4-10-6(3)11-7(9)5(2)8/h5-6H,3-4H2,1-2H3. The molecular weight excluding hydrogens is 168 g/mol. The maximum atomic E-state index is 10.8. The van der Waals surface area contributed by atoms with Crippen molar-refractivity contribution in [3.05, 3.63) is 6.92 Å². The van der Waals surface area contributed by atoms with E-state index in [1.165, 1.54) is 6.92 Å². The van der Waals surface area contributed by atoms with Gasteiger partial charge in [-0.05, 0) is 13.8 Å². The minimum Gasteiger partial charge on any atom is -0.435 e. The lowest BCUT2D eigenvalue weighted by Gasteiger charge is -2.12. The average Bonchev–Trinajstić information content (AvgIpc) is 1.87. The summed E-state index contributed by atoms with van der Waals surface area (Å²) in [5, 5.41) is -0.653. The number of esters is 1. The molecule has 0 saturated heterocycles. The van der Waals surface area contributed by atoms with Crippen molar-refractivity contribution in [3.63, 3.8) is 0 Å². The highest BCUT2D eigenvalue weighted by atomic mass is 35.5. The fraction of sp³-hybridized carbons (Fsp3) is 0.714. The van der Waals surface area contributed by atoms with Crippen molar-refractivity contribution in [2.75, 3.05) is 6.61 Å². The number of carbonyl (C=O) groups excluding carboxylic acids is 1. The second-order valence-corrected chi connectivity index (χ2v) is 2.59. The van der Waals surface area contributed by atoms with Crippen molar-refractivity contribution in [2.24, 2.45) is 0 Å². The molecule has 0 aliphatic heterocycles. The molecule has 2 unspecified atom stereocenters. The molecule has 1 radical (unpaired) electrons. The van der Waals surface area contributed by atoms with Crippen LogP contribution in [-0.4, -0.2) is 24.2 Å². The van der Waals surface area contributed by atoms with Crippen molar-refractivity contribution in [3.8, 4) is 0 Å². The third-order valence-electron chi connectivity index (χ3n) is 0.925. The maximum Gasteiger partial charge on any atom is 0.326 e. The Morgan fingerprint density at radius 1 is 1.73 bits per heavy atom. The Labute approximate surface area is 71.6 Å². The van der Waals surface area contributed by atoms with Gasteiger partial charge in [0.25, 0.3) is 0 Å². The highest BCUT2D eigenvalue weighted by Crippen LogP contribution is 2.01. The van der Waals surface area contributed by atoms with E-state index in [0.717, 1.165) is 0 Å². The Hall–Kier alpha value is -0.280. The van der Waals surface area contributed by atoms with Crippen molar-refractivity contribution in [2.45, 2.75) is 25.5 Å². The molecule has 0 fully saturated rings. The SMILES string of the molecule is [CH2]C(OCC)OC(=O)C(C)Cl. The minimum absolute atomic E-state index is 0.456. The molecule has 0 bridgehead atoms. The minimum atomic E-state index is -0.756. The van der Waals surface area contributed by atoms with Crippen molar-refractivity contribution in [1.29, 1.82) is 0 Å². The van der Waals surface area contributed by atoms with E-state index < -0.39 is 17.6 Å². The quantitative estimate of drug-likeness (QED) is 0.371. The van der Waals surface area contributed by atoms with E-state index >= 15 is 0 Å². The third kappa shape index (κ3) is 5.04. The Morgan fingerprint density at radius 2 is 2.27 bits per heavy atom. The smallest absolute Gasteiger partial charge is 0.326 e. The largest absolute Gasteiger partial charge is 0.435 e. The van der Waals surface area contributed by atoms with Gasteiger partial charge in [-0.3, -0.25) is 4.79 Å². The topological polar surface area (TPSA) is 35.5 Å². The molecule has 0 spiro atoms. The van der Waals surface area contributed by atoms with Gasteiger partial charge in [0.05, 0.1) is 0 Å². The number of hydrogen-bond acceptors (Lipinski definition) is 3. The summed E-state index contributed by atoms with van der Waals surface area (Å²) < 4.78 is 9.50. The van der Waals surface area contributed by atoms with Crippen molar-refractivity contribution < 1.29 is 14.3 Å². The summed E-state index contributed by atoms with van der Waals surface area (Å²) in [5.74, 6) is -0.514. The van der Waals surface area contributed by atoms with Gasteiger partial charge in [-0.15, -0.1) is 11.6 Å². The number of halogens is 1. The first-order chi connectivity index (χ1) is 5.07. The van der Waals surface area contributed by atoms with Gasteiger partial charge in [-0.2, -0.15) is 0 Å². The lowest BCUT2D eigenvalue weighted by Crippen LogP contribution is -2.23. The summed E-state index contributed by atoms with van der Waals surface area (Å²) in [7, 11) is 0. The van der Waals surface area contributed by atoms with Crippen LogP contribution in [-0.2, 0) is 14.3 Å². The molecule has 0 aromatic heterocycles. The van der Waals surface area contributed by atoms with Crippen molar-refractivity contribution >= 4 is 17.6 Å². The zero-order valence-corrected chi connectivity index (χ0v) is 7.43. The summed E-state index contributed by atoms with van der Waals surface area (Å²) in [6.45, 7) is 7.20. The van der Waals surface area contributed by atoms with Crippen LogP contribution >= 0.6 is 11.6 Å². The molecule has 0 aliphatic carbocycles. The average molecular weight is 180 g/mol. The Kier molecular flexibility index (Phi) is 5.24. The highest BCUT2D eigenvalue weighted by Gasteiger charge is 2.14. The molecule has 65 valence electrons. The normalized spacial score (nSPS) is 15.6. The van der Waals surface area contributed by atoms with Gasteiger partial charge in [0.2, 0.25) is 6.29 Å². The van der Waals surface area contributed by atoms with E-state index in [1.807, 2.05) is 0 Å². The number of alkyl halides is 1. The predicted octanol–water partition coefficient (Wildman–Crippen LogP) is 1.35. The number of rotatable bonds is 4. The molecule has 0 aromatic rings. The van der Waals surface area contributed by atoms with Gasteiger partial charge in [-0.25, -0.2) is 0 Å². The summed E-state index contributed by atoms with van der Waals surface area (Å²) >= 11 is 5.41. The Bertz CT molecular complexity index is 125. The molecule has 11 heavy (non-hydrogen) atoms. The van der Waals surface area contributed by atoms with E-state index in [1.54, 1.807) is 6.92 Å². The maximum absolute atomic E-state index is 10.8. The second-order valence-electron chi connectivity index (χ2n) is 1.94. The Balaban J connectivity index is 3.57. The van der Waals surface area contributed by atoms with Crippen LogP contribution in [0.3, 0.4) is 0 Å². The van der Waals surface area contributed by atoms with Gasteiger partial charge < -0.3 is 9.47 Å². The molecular formula is C7H12ClO3. The number of carbonyl (C=O) groups is 1. The van der Waals surface area contributed by atoms with Crippen LogP contribution in [0.1, 0.15) is 13.8 Å². The summed E-state index contributed by atoms with van der Waals surface area (Å²) in [6, 6.07) is 0. The lowest BCUT2D eigenvalue weighted by molar-refractivity contribution is -0.167. The van der Waals surface area contributed by atoms with Crippen LogP contribution < -0.4 is 0 Å². The first-order valence-corrected chi connectivity index (χ1v) is 3.80. The first-order valence-electron chi connectivity index (χ1n) is 3.37. The lowest BCUT2D eigenvalue weighted by atomic mass is 10.5. The fourth-order valence-electron chi connectivity index (χ4n) is 0.443. The van der Waals surface area contributed by atoms with Crippen LogP contribution in [0.2, 0.25) is 0 Å². The van der Waals surface area contributed by atoms with E-state index in [4.69, 9.17) is 16.3 Å². The molecule has 3 nitrogen and oxygen atoms in total. The molecule has 0 aliphatic rings. The third-order valence-corrected chi connectivity index (χ3v) is 1.10. The molecule has 0 saturated carbocycles. The summed E-state index contributed by atoms with van der Waals surface area (Å²) in [5.41, 5.74) is 0. The van der Waals surface area contributed by atoms with Gasteiger partial charge >= 0.3 is 5.97 Å². The predicted molar refractivity (Wildman–Crippen MR) is 42.2 cm³/mol. The summed E-state index contributed by atoms with van der Waals surface area (Å²) in [4.78, 5) is 10.8. The van der Waals surface area contributed by atoms with Crippen LogP contribution in [0.4, 0.5) is 0 Å². The molecule has 0 rings (SSSR count). The van der Waals surface area contributed by atoms with Gasteiger partial charge in [0.1, 0.15) is 5.38 Å². The zero-order chi connectivity index (χ0) is 8.85. The zero-order valence-electron chi connectivity index (χ0n) is 6.67. The molecule has 0 amide bonds. The second kappa shape index (κ2) is 5.38. The Morgan fingerprint density at radius 3 is 2.64 bits per heavy atom. The van der Waals surface area contributed by atoms with Gasteiger partial charge in [-0.1, -0.05) is 0 Å². The number of hydrogen-bond donors (Lipinski definition) is 0. The van der Waals surface area contributed by atoms with E-state index in [-0.39, 0.29) is 0 Å². The van der Waals surface area contributed by atoms with Crippen LogP contribution in [0.5, 0.6) is 0 Å². The van der Waals surface area contributed by atoms with E-state index in [9.17, 15) is 4.79 Å². The monoisotopic (exact) mass is 179 g/mol. The fourth-order valence-corrected chi connectivity index (χ4v) is 0.495. The van der Waals surface area contributed by atoms with Crippen LogP contribution in [0, 0.1) is 6.92 Å². The molecule has 0 N–H and O–H groups in total. The molecule has 2 atom stereocenters. The molecule has 4 heteroatoms. The van der Waals surface area contributed by atoms with E-state index in [2.05, 4.69) is 11.7 Å². The summed E-state index contributed by atoms with van der Waals surface area (Å²) in [6.07, 6.45) is -0.756. The molecule has 0 heterocycles. The first kappa shape index (κ1) is 10.7. The van der Waals surface area contributed by atoms with Gasteiger partial charge in [0.15, 0.2) is 0 Å². The van der Waals surface area contributed by atoms with Crippen LogP contribution in [0.15, 0.2) is 0 Å². The van der Waals surface area contributed by atoms with Crippen LogP contribution in [0.25, 0.3) is 0 Å².